The molecule has 0 spiro atoms. The van der Waals surface area contributed by atoms with Gasteiger partial charge in [-0.25, -0.2) is 4.79 Å². The minimum Gasteiger partial charge on any atom is -0.444 e. The lowest BCUT2D eigenvalue weighted by molar-refractivity contribution is -0.0311. The van der Waals surface area contributed by atoms with Gasteiger partial charge in [0.25, 0.3) is 0 Å². The summed E-state index contributed by atoms with van der Waals surface area (Å²) in [6.45, 7) is 3.73. The maximum atomic E-state index is 13.3. The van der Waals surface area contributed by atoms with Crippen molar-refractivity contribution in [1.29, 1.82) is 0 Å². The van der Waals surface area contributed by atoms with Crippen LogP contribution in [0.5, 0.6) is 0 Å². The van der Waals surface area contributed by atoms with Crippen LogP contribution in [-0.4, -0.2) is 36.7 Å². The zero-order valence-corrected chi connectivity index (χ0v) is 16.3. The molecule has 0 saturated carbocycles. The van der Waals surface area contributed by atoms with Gasteiger partial charge in [0.15, 0.2) is 0 Å². The summed E-state index contributed by atoms with van der Waals surface area (Å²) in [5.41, 5.74) is 4.88. The summed E-state index contributed by atoms with van der Waals surface area (Å²) in [5, 5.41) is 0. The number of anilines is 1. The van der Waals surface area contributed by atoms with Crippen LogP contribution >= 0.6 is 0 Å². The van der Waals surface area contributed by atoms with Crippen molar-refractivity contribution in [3.63, 3.8) is 0 Å². The van der Waals surface area contributed by atoms with E-state index in [2.05, 4.69) is 35.2 Å². The fraction of sp³-hybridized carbons (Fsp3) is 0.458. The van der Waals surface area contributed by atoms with Crippen LogP contribution in [0.2, 0.25) is 0 Å². The summed E-state index contributed by atoms with van der Waals surface area (Å²) in [4.78, 5) is 17.5. The Kier molecular flexibility index (Phi) is 4.81. The Balaban J connectivity index is 1.39. The van der Waals surface area contributed by atoms with Crippen LogP contribution in [0.15, 0.2) is 48.5 Å². The van der Waals surface area contributed by atoms with E-state index in [-0.39, 0.29) is 12.2 Å². The zero-order valence-electron chi connectivity index (χ0n) is 16.3. The number of aryl methyl sites for hydroxylation is 2. The van der Waals surface area contributed by atoms with Gasteiger partial charge in [-0.15, -0.1) is 0 Å². The van der Waals surface area contributed by atoms with Crippen molar-refractivity contribution in [3.8, 4) is 0 Å². The number of benzene rings is 2. The summed E-state index contributed by atoms with van der Waals surface area (Å²) >= 11 is 0. The van der Waals surface area contributed by atoms with E-state index >= 15 is 0 Å². The van der Waals surface area contributed by atoms with Gasteiger partial charge in [-0.05, 0) is 79.9 Å². The summed E-state index contributed by atoms with van der Waals surface area (Å²) in [6, 6.07) is 16.7. The first-order valence-corrected chi connectivity index (χ1v) is 10.6. The molecule has 1 aliphatic carbocycles. The first-order valence-electron chi connectivity index (χ1n) is 10.6. The van der Waals surface area contributed by atoms with Crippen molar-refractivity contribution in [2.24, 2.45) is 5.92 Å². The Labute approximate surface area is 167 Å². The summed E-state index contributed by atoms with van der Waals surface area (Å²) in [7, 11) is 0. The van der Waals surface area contributed by atoms with Gasteiger partial charge in [0.2, 0.25) is 0 Å². The maximum Gasteiger partial charge on any atom is 0.414 e. The van der Waals surface area contributed by atoms with E-state index in [0.717, 1.165) is 56.6 Å². The highest BCUT2D eigenvalue weighted by Gasteiger charge is 2.37. The molecule has 4 nitrogen and oxygen atoms in total. The number of amides is 1. The van der Waals surface area contributed by atoms with Gasteiger partial charge in [0.1, 0.15) is 6.10 Å². The molecule has 3 fully saturated rings. The van der Waals surface area contributed by atoms with E-state index < -0.39 is 0 Å². The number of nitrogens with zero attached hydrogens (tertiary/aromatic N) is 2. The number of hydrogen-bond donors (Lipinski definition) is 0. The van der Waals surface area contributed by atoms with Gasteiger partial charge in [0, 0.05) is 12.2 Å². The van der Waals surface area contributed by atoms with E-state index in [1.165, 1.54) is 17.5 Å². The molecule has 1 amide bonds. The molecule has 0 N–H and O–H groups in total. The lowest BCUT2D eigenvalue weighted by Gasteiger charge is -2.44. The molecule has 6 rings (SSSR count). The van der Waals surface area contributed by atoms with Crippen molar-refractivity contribution in [2.75, 3.05) is 24.5 Å². The lowest BCUT2D eigenvalue weighted by atomic mass is 9.86. The van der Waals surface area contributed by atoms with Crippen LogP contribution < -0.4 is 4.90 Å². The third-order valence-corrected chi connectivity index (χ3v) is 6.65. The molecule has 3 saturated heterocycles. The average Bonchev–Trinajstić information content (AvgIpc) is 3.21. The number of rotatable bonds is 4. The van der Waals surface area contributed by atoms with E-state index in [4.69, 9.17) is 4.74 Å². The third kappa shape index (κ3) is 3.53. The molecule has 2 bridgehead atoms. The minimum atomic E-state index is -0.208. The first-order chi connectivity index (χ1) is 13.8. The van der Waals surface area contributed by atoms with Gasteiger partial charge in [-0.2, -0.15) is 0 Å². The van der Waals surface area contributed by atoms with Gasteiger partial charge < -0.3 is 4.74 Å². The smallest absolute Gasteiger partial charge is 0.414 e. The molecule has 2 aromatic carbocycles. The van der Waals surface area contributed by atoms with Gasteiger partial charge in [-0.1, -0.05) is 36.4 Å². The normalized spacial score (nSPS) is 25.4. The zero-order chi connectivity index (χ0) is 18.9. The number of ether oxygens (including phenoxy) is 1. The number of fused-ring (bicyclic) bond motifs is 4. The Morgan fingerprint density at radius 3 is 2.57 bits per heavy atom. The molecule has 3 aliphatic heterocycles. The number of hydrogen-bond acceptors (Lipinski definition) is 3. The SMILES string of the molecule is O=C(OC1CN2CCC1CC2)N(Cc1ccccc1)c1ccc2c(c1)CCC2. The highest BCUT2D eigenvalue weighted by Crippen LogP contribution is 2.32. The summed E-state index contributed by atoms with van der Waals surface area (Å²) in [5.74, 6) is 0.521. The van der Waals surface area contributed by atoms with Crippen LogP contribution in [0.25, 0.3) is 0 Å². The van der Waals surface area contributed by atoms with E-state index in [0.29, 0.717) is 12.5 Å². The molecule has 2 aromatic rings. The van der Waals surface area contributed by atoms with Gasteiger partial charge in [-0.3, -0.25) is 9.80 Å². The number of piperidine rings is 3. The van der Waals surface area contributed by atoms with Gasteiger partial charge in [0.05, 0.1) is 6.54 Å². The second-order valence-electron chi connectivity index (χ2n) is 8.44. The molecule has 0 aromatic heterocycles. The second-order valence-corrected chi connectivity index (χ2v) is 8.44. The first kappa shape index (κ1) is 17.7. The average molecular weight is 377 g/mol. The highest BCUT2D eigenvalue weighted by atomic mass is 16.6. The summed E-state index contributed by atoms with van der Waals surface area (Å²) in [6.07, 6.45) is 5.59. The minimum absolute atomic E-state index is 0.0303. The van der Waals surface area contributed by atoms with E-state index in [9.17, 15) is 4.79 Å². The Morgan fingerprint density at radius 2 is 1.82 bits per heavy atom. The number of carbonyl (C=O) groups excluding carboxylic acids is 1. The molecular weight excluding hydrogens is 348 g/mol. The fourth-order valence-corrected chi connectivity index (χ4v) is 4.99. The van der Waals surface area contributed by atoms with Crippen LogP contribution in [0.3, 0.4) is 0 Å². The molecule has 28 heavy (non-hydrogen) atoms. The predicted molar refractivity (Wildman–Crippen MR) is 111 cm³/mol. The molecule has 4 aliphatic rings. The monoisotopic (exact) mass is 376 g/mol. The van der Waals surface area contributed by atoms with Crippen LogP contribution in [0, 0.1) is 5.92 Å². The van der Waals surface area contributed by atoms with Crippen molar-refractivity contribution >= 4 is 11.8 Å². The lowest BCUT2D eigenvalue weighted by Crippen LogP contribution is -2.53. The largest absolute Gasteiger partial charge is 0.444 e. The molecule has 0 radical (unpaired) electrons. The standard InChI is InChI=1S/C24H28N2O2/c27-24(28-23-17-25-13-11-20(23)12-14-25)26(16-18-5-2-1-3-6-18)22-10-9-19-7-4-8-21(19)15-22/h1-3,5-6,9-10,15,20,23H,4,7-8,11-14,16-17H2. The van der Waals surface area contributed by atoms with Crippen molar-refractivity contribution in [1.82, 2.24) is 4.90 Å². The van der Waals surface area contributed by atoms with Gasteiger partial charge >= 0.3 is 6.09 Å². The van der Waals surface area contributed by atoms with E-state index in [1.807, 2.05) is 23.1 Å². The molecule has 3 heterocycles. The Hall–Kier alpha value is -2.33. The van der Waals surface area contributed by atoms with Crippen LogP contribution in [0.1, 0.15) is 36.0 Å². The molecule has 1 unspecified atom stereocenters. The fourth-order valence-electron chi connectivity index (χ4n) is 4.99. The second kappa shape index (κ2) is 7.59. The predicted octanol–water partition coefficient (Wildman–Crippen LogP) is 4.41. The number of carbonyl (C=O) groups is 1. The van der Waals surface area contributed by atoms with Crippen molar-refractivity contribution in [2.45, 2.75) is 44.8 Å². The molecular formula is C24H28N2O2. The van der Waals surface area contributed by atoms with E-state index in [1.54, 1.807) is 0 Å². The molecule has 1 atom stereocenters. The Bertz CT molecular complexity index is 843. The van der Waals surface area contributed by atoms with Crippen molar-refractivity contribution < 1.29 is 9.53 Å². The Morgan fingerprint density at radius 1 is 1.04 bits per heavy atom. The summed E-state index contributed by atoms with van der Waals surface area (Å²) < 4.78 is 6.08. The topological polar surface area (TPSA) is 32.8 Å². The molecule has 4 heteroatoms. The van der Waals surface area contributed by atoms with Crippen molar-refractivity contribution in [3.05, 3.63) is 65.2 Å². The highest BCUT2D eigenvalue weighted by molar-refractivity contribution is 5.88. The maximum absolute atomic E-state index is 13.3. The molecule has 146 valence electrons. The quantitative estimate of drug-likeness (QED) is 0.792. The van der Waals surface area contributed by atoms with Crippen LogP contribution in [-0.2, 0) is 24.1 Å². The van der Waals surface area contributed by atoms with Crippen LogP contribution in [0.4, 0.5) is 10.5 Å². The third-order valence-electron chi connectivity index (χ3n) is 6.65.